The topological polar surface area (TPSA) is 44.1 Å². The predicted molar refractivity (Wildman–Crippen MR) is 123 cm³/mol. The van der Waals surface area contributed by atoms with Crippen LogP contribution in [0.1, 0.15) is 38.4 Å². The molecule has 0 spiro atoms. The van der Waals surface area contributed by atoms with Gasteiger partial charge in [-0.2, -0.15) is 0 Å². The van der Waals surface area contributed by atoms with Crippen molar-refractivity contribution in [2.24, 2.45) is 0 Å². The van der Waals surface area contributed by atoms with E-state index in [1.807, 2.05) is 85.3 Å². The van der Waals surface area contributed by atoms with Crippen LogP contribution in [0.3, 0.4) is 0 Å². The average molecular weight is 409 g/mol. The van der Waals surface area contributed by atoms with Crippen LogP contribution >= 0.6 is 0 Å². The molecule has 0 aliphatic rings. The van der Waals surface area contributed by atoms with Gasteiger partial charge in [0.1, 0.15) is 11.6 Å². The van der Waals surface area contributed by atoms with Crippen molar-refractivity contribution in [1.82, 2.24) is 9.55 Å². The Bertz CT molecular complexity index is 1190. The lowest BCUT2D eigenvalue weighted by molar-refractivity contribution is 0.0693. The van der Waals surface area contributed by atoms with Crippen molar-refractivity contribution in [3.05, 3.63) is 125 Å². The largest absolute Gasteiger partial charge is 0.422 e. The van der Waals surface area contributed by atoms with Crippen molar-refractivity contribution in [3.63, 3.8) is 0 Å². The number of aromatic nitrogens is 2. The smallest absolute Gasteiger partial charge is 0.343 e. The molecule has 4 aromatic rings. The first-order valence-corrected chi connectivity index (χ1v) is 10.2. The third-order valence-corrected chi connectivity index (χ3v) is 5.03. The number of nitrogens with zero attached hydrogens (tertiary/aromatic N) is 2. The molecule has 0 atom stereocenters. The van der Waals surface area contributed by atoms with Crippen LogP contribution in [0.15, 0.2) is 91.3 Å². The molecule has 0 aliphatic heterocycles. The molecule has 0 N–H and O–H groups in total. The van der Waals surface area contributed by atoms with Crippen molar-refractivity contribution < 1.29 is 9.53 Å². The van der Waals surface area contributed by atoms with E-state index >= 15 is 0 Å². The van der Waals surface area contributed by atoms with Crippen molar-refractivity contribution in [2.75, 3.05) is 0 Å². The van der Waals surface area contributed by atoms with Crippen LogP contribution in [0.5, 0.6) is 0 Å². The molecule has 0 radical (unpaired) electrons. The van der Waals surface area contributed by atoms with Crippen molar-refractivity contribution in [1.29, 1.82) is 0 Å². The van der Waals surface area contributed by atoms with E-state index in [4.69, 9.17) is 4.74 Å². The van der Waals surface area contributed by atoms with E-state index in [1.165, 1.54) is 5.56 Å². The van der Waals surface area contributed by atoms with E-state index in [0.29, 0.717) is 17.9 Å². The zero-order valence-corrected chi connectivity index (χ0v) is 17.7. The summed E-state index contributed by atoms with van der Waals surface area (Å²) in [4.78, 5) is 17.3. The van der Waals surface area contributed by atoms with Crippen LogP contribution in [-0.4, -0.2) is 15.5 Å². The summed E-state index contributed by atoms with van der Waals surface area (Å²) in [5.41, 5.74) is 4.73. The number of ether oxygens (including phenoxy) is 1. The van der Waals surface area contributed by atoms with Gasteiger partial charge in [0.15, 0.2) is 0 Å². The second kappa shape index (κ2) is 9.26. The lowest BCUT2D eigenvalue weighted by Crippen LogP contribution is -2.06. The highest BCUT2D eigenvalue weighted by atomic mass is 16.5. The van der Waals surface area contributed by atoms with E-state index in [0.717, 1.165) is 22.5 Å². The summed E-state index contributed by atoms with van der Waals surface area (Å²) in [5.74, 6) is 0.787. The second-order valence-corrected chi connectivity index (χ2v) is 7.53. The van der Waals surface area contributed by atoms with Gasteiger partial charge in [-0.1, -0.05) is 77.9 Å². The maximum Gasteiger partial charge on any atom is 0.343 e. The number of hydrogen-bond acceptors (Lipinski definition) is 3. The van der Waals surface area contributed by atoms with Gasteiger partial charge in [-0.15, -0.1) is 0 Å². The fourth-order valence-corrected chi connectivity index (χ4v) is 3.23. The lowest BCUT2D eigenvalue weighted by Gasteiger charge is -2.11. The summed E-state index contributed by atoms with van der Waals surface area (Å²) in [5, 5.41) is 0. The molecule has 154 valence electrons. The van der Waals surface area contributed by atoms with Gasteiger partial charge >= 0.3 is 5.97 Å². The summed E-state index contributed by atoms with van der Waals surface area (Å²) < 4.78 is 7.88. The number of carbonyl (C=O) groups is 1. The van der Waals surface area contributed by atoms with Gasteiger partial charge in [-0.25, -0.2) is 9.78 Å². The van der Waals surface area contributed by atoms with Gasteiger partial charge in [-0.05, 0) is 31.5 Å². The fourth-order valence-electron chi connectivity index (χ4n) is 3.23. The maximum atomic E-state index is 12.8. The number of imidazole rings is 1. The highest BCUT2D eigenvalue weighted by Crippen LogP contribution is 2.22. The highest BCUT2D eigenvalue weighted by molar-refractivity contribution is 5.95. The number of hydrogen-bond donors (Lipinski definition) is 0. The summed E-state index contributed by atoms with van der Waals surface area (Å²) >= 11 is 0. The molecule has 4 heteroatoms. The Balaban J connectivity index is 1.67. The van der Waals surface area contributed by atoms with Gasteiger partial charge in [0.2, 0.25) is 0 Å². The SMILES string of the molecule is Cc1ccc(C(=O)OC(=Cc2nccn2Cc2ccccc2)c2ccc(C)cc2)cc1. The Kier molecular flexibility index (Phi) is 6.08. The zero-order chi connectivity index (χ0) is 21.6. The Hall–Kier alpha value is -3.92. The Morgan fingerprint density at radius 2 is 1.48 bits per heavy atom. The molecule has 0 fully saturated rings. The van der Waals surface area contributed by atoms with Gasteiger partial charge in [0.25, 0.3) is 0 Å². The number of carbonyl (C=O) groups excluding carboxylic acids is 1. The molecule has 0 aliphatic carbocycles. The molecule has 4 rings (SSSR count). The molecular weight excluding hydrogens is 384 g/mol. The van der Waals surface area contributed by atoms with Gasteiger partial charge < -0.3 is 9.30 Å². The minimum absolute atomic E-state index is 0.395. The quantitative estimate of drug-likeness (QED) is 0.295. The van der Waals surface area contributed by atoms with Gasteiger partial charge in [-0.3, -0.25) is 0 Å². The van der Waals surface area contributed by atoms with E-state index in [9.17, 15) is 4.79 Å². The molecule has 3 aromatic carbocycles. The summed E-state index contributed by atoms with van der Waals surface area (Å²) in [7, 11) is 0. The first-order valence-electron chi connectivity index (χ1n) is 10.2. The number of benzene rings is 3. The zero-order valence-electron chi connectivity index (χ0n) is 17.7. The monoisotopic (exact) mass is 408 g/mol. The van der Waals surface area contributed by atoms with Crippen molar-refractivity contribution >= 4 is 17.8 Å². The molecule has 0 bridgehead atoms. The molecule has 0 unspecified atom stereocenters. The predicted octanol–water partition coefficient (Wildman–Crippen LogP) is 5.90. The van der Waals surface area contributed by atoms with Crippen LogP contribution in [0, 0.1) is 13.8 Å². The summed E-state index contributed by atoms with van der Waals surface area (Å²) in [6.45, 7) is 4.69. The van der Waals surface area contributed by atoms with Crippen molar-refractivity contribution in [2.45, 2.75) is 20.4 Å². The minimum atomic E-state index is -0.395. The highest BCUT2D eigenvalue weighted by Gasteiger charge is 2.14. The summed E-state index contributed by atoms with van der Waals surface area (Å²) in [6.07, 6.45) is 5.50. The normalized spacial score (nSPS) is 11.4. The molecule has 0 amide bonds. The first-order chi connectivity index (χ1) is 15.1. The van der Waals surface area contributed by atoms with Crippen LogP contribution in [-0.2, 0) is 11.3 Å². The molecule has 0 saturated carbocycles. The second-order valence-electron chi connectivity index (χ2n) is 7.53. The first kappa shape index (κ1) is 20.4. The third kappa shape index (κ3) is 5.17. The molecule has 4 nitrogen and oxygen atoms in total. The van der Waals surface area contributed by atoms with E-state index in [2.05, 4.69) is 17.1 Å². The van der Waals surface area contributed by atoms with E-state index < -0.39 is 5.97 Å². The Morgan fingerprint density at radius 1 is 0.871 bits per heavy atom. The van der Waals surface area contributed by atoms with Gasteiger partial charge in [0.05, 0.1) is 5.56 Å². The Morgan fingerprint density at radius 3 is 2.13 bits per heavy atom. The summed E-state index contributed by atoms with van der Waals surface area (Å²) in [6, 6.07) is 25.4. The number of aryl methyl sites for hydroxylation is 2. The average Bonchev–Trinajstić information content (AvgIpc) is 3.21. The molecular formula is C27H24N2O2. The Labute approximate surface area is 182 Å². The number of esters is 1. The molecule has 1 aromatic heterocycles. The fraction of sp³-hybridized carbons (Fsp3) is 0.111. The standard InChI is InChI=1S/C27H24N2O2/c1-20-8-12-23(13-9-20)25(31-27(30)24-14-10-21(2)11-15-24)18-26-28-16-17-29(26)19-22-6-4-3-5-7-22/h3-18H,19H2,1-2H3. The van der Waals surface area contributed by atoms with E-state index in [-0.39, 0.29) is 0 Å². The molecule has 0 saturated heterocycles. The minimum Gasteiger partial charge on any atom is -0.422 e. The maximum absolute atomic E-state index is 12.8. The van der Waals surface area contributed by atoms with Crippen LogP contribution < -0.4 is 0 Å². The van der Waals surface area contributed by atoms with E-state index in [1.54, 1.807) is 18.3 Å². The van der Waals surface area contributed by atoms with Crippen LogP contribution in [0.4, 0.5) is 0 Å². The van der Waals surface area contributed by atoms with Gasteiger partial charge in [0, 0.05) is 30.6 Å². The molecule has 1 heterocycles. The third-order valence-electron chi connectivity index (χ3n) is 5.03. The van der Waals surface area contributed by atoms with Crippen molar-refractivity contribution in [3.8, 4) is 0 Å². The van der Waals surface area contributed by atoms with Crippen LogP contribution in [0.2, 0.25) is 0 Å². The molecule has 31 heavy (non-hydrogen) atoms. The number of rotatable bonds is 6. The van der Waals surface area contributed by atoms with Crippen LogP contribution in [0.25, 0.3) is 11.8 Å². The lowest BCUT2D eigenvalue weighted by atomic mass is 10.1.